The van der Waals surface area contributed by atoms with Crippen molar-refractivity contribution in [1.82, 2.24) is 0 Å². The minimum atomic E-state index is 0.250. The van der Waals surface area contributed by atoms with Crippen LogP contribution in [-0.2, 0) is 4.79 Å². The fourth-order valence-electron chi connectivity index (χ4n) is 2.03. The summed E-state index contributed by atoms with van der Waals surface area (Å²) in [6.07, 6.45) is 11.3. The molecule has 0 saturated heterocycles. The van der Waals surface area contributed by atoms with Gasteiger partial charge >= 0.3 is 0 Å². The number of unbranched alkanes of at least 4 members (excludes halogenated alkanes) is 7. The molecule has 0 spiro atoms. The quantitative estimate of drug-likeness (QED) is 0.443. The van der Waals surface area contributed by atoms with E-state index >= 15 is 0 Å². The molecule has 1 unspecified atom stereocenters. The summed E-state index contributed by atoms with van der Waals surface area (Å²) in [5.41, 5.74) is 0. The Balaban J connectivity index is 3.31. The topological polar surface area (TPSA) is 17.1 Å². The van der Waals surface area contributed by atoms with Crippen LogP contribution in [-0.4, -0.2) is 5.78 Å². The average molecular weight is 240 g/mol. The third-order valence-corrected chi connectivity index (χ3v) is 3.78. The number of carbonyl (C=O) groups excluding carboxylic acids is 1. The van der Waals surface area contributed by atoms with Crippen LogP contribution in [0.15, 0.2) is 0 Å². The molecule has 0 bridgehead atoms. The molecule has 1 atom stereocenters. The van der Waals surface area contributed by atoms with Gasteiger partial charge in [-0.2, -0.15) is 0 Å². The standard InChI is InChI=1S/C16H32O/c1-5-6-7-8-9-10-11-12-13-16(17)15(4)14(2)3/h14-15H,5-13H2,1-4H3. The van der Waals surface area contributed by atoms with E-state index in [0.29, 0.717) is 11.7 Å². The lowest BCUT2D eigenvalue weighted by molar-refractivity contribution is -0.123. The molecule has 0 aromatic carbocycles. The molecule has 0 aliphatic heterocycles. The molecule has 0 N–H and O–H groups in total. The molecule has 0 rings (SSSR count). The van der Waals surface area contributed by atoms with Crippen molar-refractivity contribution in [3.8, 4) is 0 Å². The molecule has 102 valence electrons. The maximum Gasteiger partial charge on any atom is 0.135 e. The molecule has 0 aromatic heterocycles. The molecule has 1 nitrogen and oxygen atoms in total. The minimum Gasteiger partial charge on any atom is -0.299 e. The Hall–Kier alpha value is -0.330. The van der Waals surface area contributed by atoms with E-state index in [1.54, 1.807) is 0 Å². The Bertz CT molecular complexity index is 184. The highest BCUT2D eigenvalue weighted by molar-refractivity contribution is 5.80. The predicted molar refractivity (Wildman–Crippen MR) is 76.2 cm³/mol. The highest BCUT2D eigenvalue weighted by Crippen LogP contribution is 2.15. The summed E-state index contributed by atoms with van der Waals surface area (Å²) in [4.78, 5) is 11.8. The second kappa shape index (κ2) is 10.8. The van der Waals surface area contributed by atoms with Crippen molar-refractivity contribution in [2.24, 2.45) is 11.8 Å². The summed E-state index contributed by atoms with van der Waals surface area (Å²) >= 11 is 0. The second-order valence-corrected chi connectivity index (χ2v) is 5.72. The van der Waals surface area contributed by atoms with Crippen LogP contribution in [0.5, 0.6) is 0 Å². The molecule has 17 heavy (non-hydrogen) atoms. The normalized spacial score (nSPS) is 13.0. The van der Waals surface area contributed by atoms with E-state index in [1.807, 2.05) is 0 Å². The van der Waals surface area contributed by atoms with Crippen molar-refractivity contribution in [1.29, 1.82) is 0 Å². The van der Waals surface area contributed by atoms with Gasteiger partial charge in [-0.25, -0.2) is 0 Å². The van der Waals surface area contributed by atoms with Gasteiger partial charge < -0.3 is 0 Å². The Morgan fingerprint density at radius 3 is 1.76 bits per heavy atom. The van der Waals surface area contributed by atoms with Gasteiger partial charge in [0.2, 0.25) is 0 Å². The van der Waals surface area contributed by atoms with Crippen LogP contribution in [0.2, 0.25) is 0 Å². The molecular weight excluding hydrogens is 208 g/mol. The van der Waals surface area contributed by atoms with Gasteiger partial charge in [0.05, 0.1) is 0 Å². The molecule has 0 saturated carbocycles. The first kappa shape index (κ1) is 16.7. The molecule has 0 aliphatic rings. The van der Waals surface area contributed by atoms with E-state index in [1.165, 1.54) is 44.9 Å². The van der Waals surface area contributed by atoms with Gasteiger partial charge in [-0.3, -0.25) is 4.79 Å². The number of carbonyl (C=O) groups is 1. The first-order valence-corrected chi connectivity index (χ1v) is 7.62. The first-order chi connectivity index (χ1) is 8.09. The number of rotatable bonds is 11. The van der Waals surface area contributed by atoms with Crippen LogP contribution in [0.3, 0.4) is 0 Å². The predicted octanol–water partition coefficient (Wildman–Crippen LogP) is 5.38. The second-order valence-electron chi connectivity index (χ2n) is 5.72. The largest absolute Gasteiger partial charge is 0.299 e. The van der Waals surface area contributed by atoms with E-state index < -0.39 is 0 Å². The number of Topliss-reactive ketones (excluding diaryl/α,β-unsaturated/α-hetero) is 1. The highest BCUT2D eigenvalue weighted by Gasteiger charge is 2.15. The van der Waals surface area contributed by atoms with Gasteiger partial charge in [0, 0.05) is 12.3 Å². The monoisotopic (exact) mass is 240 g/mol. The zero-order valence-electron chi connectivity index (χ0n) is 12.4. The number of ketones is 1. The summed E-state index contributed by atoms with van der Waals surface area (Å²) < 4.78 is 0. The summed E-state index contributed by atoms with van der Waals surface area (Å²) in [6.45, 7) is 8.59. The smallest absolute Gasteiger partial charge is 0.135 e. The lowest BCUT2D eigenvalue weighted by Gasteiger charge is -2.13. The van der Waals surface area contributed by atoms with E-state index in [-0.39, 0.29) is 5.92 Å². The maximum atomic E-state index is 11.8. The third kappa shape index (κ3) is 9.38. The molecule has 1 heteroatoms. The van der Waals surface area contributed by atoms with Crippen LogP contribution in [0.25, 0.3) is 0 Å². The Labute approximate surface area is 108 Å². The van der Waals surface area contributed by atoms with Crippen molar-refractivity contribution in [3.63, 3.8) is 0 Å². The molecule has 0 heterocycles. The van der Waals surface area contributed by atoms with Gasteiger partial charge in [0.15, 0.2) is 0 Å². The zero-order chi connectivity index (χ0) is 13.1. The van der Waals surface area contributed by atoms with Gasteiger partial charge in [-0.1, -0.05) is 72.6 Å². The van der Waals surface area contributed by atoms with E-state index in [4.69, 9.17) is 0 Å². The number of hydrogen-bond acceptors (Lipinski definition) is 1. The lowest BCUT2D eigenvalue weighted by Crippen LogP contribution is -2.16. The van der Waals surface area contributed by atoms with Crippen molar-refractivity contribution in [3.05, 3.63) is 0 Å². The Morgan fingerprint density at radius 1 is 0.824 bits per heavy atom. The third-order valence-electron chi connectivity index (χ3n) is 3.78. The Morgan fingerprint density at radius 2 is 1.29 bits per heavy atom. The maximum absolute atomic E-state index is 11.8. The SMILES string of the molecule is CCCCCCCCCCC(=O)C(C)C(C)C. The fraction of sp³-hybridized carbons (Fsp3) is 0.938. The molecular formula is C16H32O. The average Bonchev–Trinajstić information content (AvgIpc) is 2.31. The van der Waals surface area contributed by atoms with E-state index in [2.05, 4.69) is 27.7 Å². The van der Waals surface area contributed by atoms with Crippen molar-refractivity contribution in [2.45, 2.75) is 85.5 Å². The molecule has 0 amide bonds. The summed E-state index contributed by atoms with van der Waals surface area (Å²) in [5, 5.41) is 0. The van der Waals surface area contributed by atoms with Crippen LogP contribution in [0.4, 0.5) is 0 Å². The summed E-state index contributed by atoms with van der Waals surface area (Å²) in [7, 11) is 0. The fourth-order valence-corrected chi connectivity index (χ4v) is 2.03. The van der Waals surface area contributed by atoms with Gasteiger partial charge in [-0.15, -0.1) is 0 Å². The van der Waals surface area contributed by atoms with Crippen molar-refractivity contribution >= 4 is 5.78 Å². The van der Waals surface area contributed by atoms with Crippen molar-refractivity contribution in [2.75, 3.05) is 0 Å². The minimum absolute atomic E-state index is 0.250. The van der Waals surface area contributed by atoms with E-state index in [9.17, 15) is 4.79 Å². The van der Waals surface area contributed by atoms with Crippen LogP contribution >= 0.6 is 0 Å². The molecule has 0 fully saturated rings. The van der Waals surface area contributed by atoms with Crippen LogP contribution in [0, 0.1) is 11.8 Å². The molecule has 0 aliphatic carbocycles. The molecule has 0 aromatic rings. The van der Waals surface area contributed by atoms with Crippen molar-refractivity contribution < 1.29 is 4.79 Å². The van der Waals surface area contributed by atoms with E-state index in [0.717, 1.165) is 12.8 Å². The lowest BCUT2D eigenvalue weighted by atomic mass is 9.91. The first-order valence-electron chi connectivity index (χ1n) is 7.62. The van der Waals surface area contributed by atoms with Crippen LogP contribution in [0.1, 0.15) is 85.5 Å². The molecule has 0 radical (unpaired) electrons. The van der Waals surface area contributed by atoms with Gasteiger partial charge in [0.1, 0.15) is 5.78 Å². The zero-order valence-corrected chi connectivity index (χ0v) is 12.4. The van der Waals surface area contributed by atoms with Gasteiger partial charge in [-0.05, 0) is 12.3 Å². The number of hydrogen-bond donors (Lipinski definition) is 0. The highest BCUT2D eigenvalue weighted by atomic mass is 16.1. The van der Waals surface area contributed by atoms with Crippen LogP contribution < -0.4 is 0 Å². The van der Waals surface area contributed by atoms with Gasteiger partial charge in [0.25, 0.3) is 0 Å². The summed E-state index contributed by atoms with van der Waals surface area (Å²) in [5.74, 6) is 1.21. The summed E-state index contributed by atoms with van der Waals surface area (Å²) in [6, 6.07) is 0. The Kier molecular flexibility index (Phi) is 10.6.